The summed E-state index contributed by atoms with van der Waals surface area (Å²) >= 11 is 0. The number of carboxylic acid groups (broad SMARTS) is 4. The molecule has 0 saturated heterocycles. The Morgan fingerprint density at radius 2 is 0.833 bits per heavy atom. The summed E-state index contributed by atoms with van der Waals surface area (Å²) in [7, 11) is 0. The maximum absolute atomic E-state index is 8.56. The molecule has 0 aliphatic heterocycles. The number of carbonyl (C=O) groups is 2. The first-order valence-electron chi connectivity index (χ1n) is 5.10. The summed E-state index contributed by atoms with van der Waals surface area (Å²) < 4.78 is 0. The van der Waals surface area contributed by atoms with Gasteiger partial charge in [-0.3, -0.25) is 0 Å². The zero-order valence-corrected chi connectivity index (χ0v) is 11.3. The third-order valence-electron chi connectivity index (χ3n) is 0.943. The van der Waals surface area contributed by atoms with Crippen LogP contribution in [0.1, 0.15) is 27.7 Å². The second-order valence-electron chi connectivity index (χ2n) is 3.52. The van der Waals surface area contributed by atoms with Gasteiger partial charge in [-0.2, -0.15) is 0 Å². The van der Waals surface area contributed by atoms with E-state index in [1.54, 1.807) is 0 Å². The van der Waals surface area contributed by atoms with E-state index in [1.807, 2.05) is 12.2 Å². The molecule has 0 bridgehead atoms. The van der Waals surface area contributed by atoms with Gasteiger partial charge in [0.2, 0.25) is 0 Å². The van der Waals surface area contributed by atoms with E-state index in [2.05, 4.69) is 40.9 Å². The first-order chi connectivity index (χ1) is 8.00. The summed E-state index contributed by atoms with van der Waals surface area (Å²) in [4.78, 5) is 17.1. The van der Waals surface area contributed by atoms with E-state index in [9.17, 15) is 0 Å². The molecule has 0 spiro atoms. The van der Waals surface area contributed by atoms with Crippen molar-refractivity contribution in [2.45, 2.75) is 27.7 Å². The molecule has 0 saturated carbocycles. The first-order valence-corrected chi connectivity index (χ1v) is 5.10. The molecule has 108 valence electrons. The summed E-state index contributed by atoms with van der Waals surface area (Å²) in [5.74, 6) is 1.30. The Hall–Kier alpha value is -1.98. The van der Waals surface area contributed by atoms with Gasteiger partial charge in [-0.05, 0) is 11.8 Å². The summed E-state index contributed by atoms with van der Waals surface area (Å²) in [6.07, 6.45) is 0.167. The molecule has 0 fully saturated rings. The lowest BCUT2D eigenvalue weighted by molar-refractivity contribution is 0.135. The average molecular weight is 264 g/mol. The summed E-state index contributed by atoms with van der Waals surface area (Å²) in [5, 5.41) is 27.9. The minimum Gasteiger partial charge on any atom is -0.450 e. The van der Waals surface area contributed by atoms with E-state index in [-0.39, 0.29) is 0 Å². The fourth-order valence-electron chi connectivity index (χ4n) is 0. The number of rotatable bonds is 2. The van der Waals surface area contributed by atoms with Crippen molar-refractivity contribution in [1.82, 2.24) is 0 Å². The molecular formula is C12H24O6. The van der Waals surface area contributed by atoms with Crippen LogP contribution in [0.2, 0.25) is 0 Å². The predicted octanol–water partition coefficient (Wildman–Crippen LogP) is 4.10. The third-order valence-corrected chi connectivity index (χ3v) is 0.943. The van der Waals surface area contributed by atoms with E-state index >= 15 is 0 Å². The Balaban J connectivity index is -0.0000000731. The highest BCUT2D eigenvalue weighted by Crippen LogP contribution is 1.87. The molecule has 0 aliphatic rings. The van der Waals surface area contributed by atoms with Crippen LogP contribution in [0.3, 0.4) is 0 Å². The molecule has 0 aromatic rings. The molecule has 6 heteroatoms. The first kappa shape index (κ1) is 25.0. The molecule has 0 unspecified atom stereocenters. The molecule has 0 atom stereocenters. The van der Waals surface area contributed by atoms with Crippen LogP contribution in [0.5, 0.6) is 0 Å². The summed E-state index contributed by atoms with van der Waals surface area (Å²) in [6.45, 7) is 15.5. The highest BCUT2D eigenvalue weighted by atomic mass is 16.6. The minimum absolute atomic E-state index is 0.648. The quantitative estimate of drug-likeness (QED) is 0.558. The van der Waals surface area contributed by atoms with Crippen LogP contribution in [0.15, 0.2) is 25.3 Å². The van der Waals surface area contributed by atoms with Crippen LogP contribution in [-0.2, 0) is 0 Å². The zero-order valence-electron chi connectivity index (χ0n) is 11.3. The zero-order chi connectivity index (χ0) is 15.7. The largest absolute Gasteiger partial charge is 0.503 e. The van der Waals surface area contributed by atoms with E-state index in [1.165, 1.54) is 0 Å². The fourth-order valence-corrected chi connectivity index (χ4v) is 0. The van der Waals surface area contributed by atoms with Crippen molar-refractivity contribution in [2.75, 3.05) is 0 Å². The predicted molar refractivity (Wildman–Crippen MR) is 71.4 cm³/mol. The Kier molecular flexibility index (Phi) is 28.4. The van der Waals surface area contributed by atoms with Gasteiger partial charge in [0, 0.05) is 0 Å². The van der Waals surface area contributed by atoms with E-state index in [0.29, 0.717) is 11.8 Å². The fraction of sp³-hybridized carbons (Fsp3) is 0.500. The molecular weight excluding hydrogens is 240 g/mol. The maximum Gasteiger partial charge on any atom is 0.503 e. The van der Waals surface area contributed by atoms with Crippen molar-refractivity contribution in [3.8, 4) is 0 Å². The van der Waals surface area contributed by atoms with Gasteiger partial charge in [0.05, 0.1) is 0 Å². The van der Waals surface area contributed by atoms with Crippen molar-refractivity contribution in [1.29, 1.82) is 0 Å². The van der Waals surface area contributed by atoms with Crippen LogP contribution >= 0.6 is 0 Å². The van der Waals surface area contributed by atoms with Crippen molar-refractivity contribution in [2.24, 2.45) is 11.8 Å². The normalized spacial score (nSPS) is 7.44. The minimum atomic E-state index is -1.83. The Bertz CT molecular complexity index is 189. The smallest absolute Gasteiger partial charge is 0.450 e. The number of allylic oxidation sites excluding steroid dienone is 2. The lowest BCUT2D eigenvalue weighted by atomic mass is 10.2. The van der Waals surface area contributed by atoms with Crippen molar-refractivity contribution in [3.05, 3.63) is 25.3 Å². The SMILES string of the molecule is C=CC(C)C.C=CC(C)C.O=C(O)O.O=C(O)O. The molecule has 0 amide bonds. The third kappa shape index (κ3) is 582. The van der Waals surface area contributed by atoms with Crippen LogP contribution < -0.4 is 0 Å². The molecule has 4 N–H and O–H groups in total. The lowest BCUT2D eigenvalue weighted by Gasteiger charge is -1.84. The topological polar surface area (TPSA) is 115 Å². The van der Waals surface area contributed by atoms with Gasteiger partial charge in [-0.15, -0.1) is 13.2 Å². The molecule has 0 aliphatic carbocycles. The van der Waals surface area contributed by atoms with Crippen molar-refractivity contribution >= 4 is 12.3 Å². The van der Waals surface area contributed by atoms with Crippen LogP contribution in [0.25, 0.3) is 0 Å². The Labute approximate surface area is 108 Å². The van der Waals surface area contributed by atoms with Gasteiger partial charge in [0.25, 0.3) is 0 Å². The van der Waals surface area contributed by atoms with Gasteiger partial charge in [-0.1, -0.05) is 39.8 Å². The van der Waals surface area contributed by atoms with Crippen LogP contribution in [0.4, 0.5) is 9.59 Å². The van der Waals surface area contributed by atoms with Gasteiger partial charge in [0.1, 0.15) is 0 Å². The molecule has 18 heavy (non-hydrogen) atoms. The monoisotopic (exact) mass is 264 g/mol. The van der Waals surface area contributed by atoms with Crippen LogP contribution in [0, 0.1) is 11.8 Å². The molecule has 0 rings (SSSR count). The molecule has 6 nitrogen and oxygen atoms in total. The van der Waals surface area contributed by atoms with E-state index in [4.69, 9.17) is 30.0 Å². The lowest BCUT2D eigenvalue weighted by Crippen LogP contribution is -1.81. The highest BCUT2D eigenvalue weighted by Gasteiger charge is 1.74. The van der Waals surface area contributed by atoms with Gasteiger partial charge in [-0.25, -0.2) is 9.59 Å². The van der Waals surface area contributed by atoms with Gasteiger partial charge in [0.15, 0.2) is 0 Å². The molecule has 0 heterocycles. The average Bonchev–Trinajstić information content (AvgIpc) is 2.16. The number of hydrogen-bond acceptors (Lipinski definition) is 2. The second kappa shape index (κ2) is 20.4. The highest BCUT2D eigenvalue weighted by molar-refractivity contribution is 5.53. The van der Waals surface area contributed by atoms with Gasteiger partial charge < -0.3 is 20.4 Å². The Morgan fingerprint density at radius 3 is 0.833 bits per heavy atom. The van der Waals surface area contributed by atoms with Gasteiger partial charge >= 0.3 is 12.3 Å². The van der Waals surface area contributed by atoms with Crippen molar-refractivity contribution < 1.29 is 30.0 Å². The molecule has 0 radical (unpaired) electrons. The summed E-state index contributed by atoms with van der Waals surface area (Å²) in [5.41, 5.74) is 0. The summed E-state index contributed by atoms with van der Waals surface area (Å²) in [6, 6.07) is 0. The second-order valence-corrected chi connectivity index (χ2v) is 3.52. The van der Waals surface area contributed by atoms with Crippen LogP contribution in [-0.4, -0.2) is 32.7 Å². The van der Waals surface area contributed by atoms with E-state index in [0.717, 1.165) is 0 Å². The van der Waals surface area contributed by atoms with E-state index < -0.39 is 12.3 Å². The Morgan fingerprint density at radius 1 is 0.778 bits per heavy atom. The molecule has 0 aromatic heterocycles. The molecule has 0 aromatic carbocycles. The standard InChI is InChI=1S/2C5H10.2CH2O3/c2*1-4-5(2)3;2*2-1(3)4/h2*4-5H,1H2,2-3H3;2*(H2,2,3,4). The number of hydrogen-bond donors (Lipinski definition) is 4. The maximum atomic E-state index is 8.56. The van der Waals surface area contributed by atoms with Crippen molar-refractivity contribution in [3.63, 3.8) is 0 Å².